The molecule has 1 aliphatic heterocycles. The molecule has 0 aromatic heterocycles. The summed E-state index contributed by atoms with van der Waals surface area (Å²) in [7, 11) is 1.70. The largest absolute Gasteiger partial charge is 0.497 e. The molecule has 2 heteroatoms. The van der Waals surface area contributed by atoms with Crippen LogP contribution in [0.25, 0.3) is 0 Å². The van der Waals surface area contributed by atoms with Gasteiger partial charge in [0, 0.05) is 0 Å². The minimum Gasteiger partial charge on any atom is -0.497 e. The van der Waals surface area contributed by atoms with E-state index in [4.69, 9.17) is 9.47 Å². The third kappa shape index (κ3) is 4.24. The average Bonchev–Trinajstić information content (AvgIpc) is 2.48. The lowest BCUT2D eigenvalue weighted by Crippen LogP contribution is -2.20. The molecule has 1 aromatic rings. The number of hydrogen-bond donors (Lipinski definition) is 0. The fourth-order valence-electron chi connectivity index (χ4n) is 2.80. The second kappa shape index (κ2) is 7.54. The topological polar surface area (TPSA) is 18.5 Å². The highest BCUT2D eigenvalue weighted by Crippen LogP contribution is 2.33. The van der Waals surface area contributed by atoms with Gasteiger partial charge in [-0.2, -0.15) is 0 Å². The second-order valence-electron chi connectivity index (χ2n) is 5.53. The second-order valence-corrected chi connectivity index (χ2v) is 5.53. The van der Waals surface area contributed by atoms with E-state index in [9.17, 15) is 0 Å². The van der Waals surface area contributed by atoms with Crippen molar-refractivity contribution >= 4 is 0 Å². The summed E-state index contributed by atoms with van der Waals surface area (Å²) < 4.78 is 11.2. The average molecular weight is 262 g/mol. The minimum absolute atomic E-state index is 0.285. The van der Waals surface area contributed by atoms with Crippen LogP contribution >= 0.6 is 0 Å². The zero-order chi connectivity index (χ0) is 13.5. The molecule has 1 fully saturated rings. The van der Waals surface area contributed by atoms with Crippen molar-refractivity contribution in [2.75, 3.05) is 13.7 Å². The van der Waals surface area contributed by atoms with E-state index in [1.165, 1.54) is 37.7 Å². The summed E-state index contributed by atoms with van der Waals surface area (Å²) in [6, 6.07) is 8.29. The number of unbranched alkanes of at least 4 members (excludes halogenated alkanes) is 2. The number of ether oxygens (including phenoxy) is 2. The lowest BCUT2D eigenvalue weighted by atomic mass is 9.91. The van der Waals surface area contributed by atoms with Crippen molar-refractivity contribution < 1.29 is 9.47 Å². The van der Waals surface area contributed by atoms with Crippen molar-refractivity contribution in [3.8, 4) is 5.75 Å². The standard InChI is InChI=1S/C17H26O2/c1-3-4-5-6-14-7-12-17(19-13-14)15-8-10-16(18-2)11-9-15/h8-11,14,17H,3-7,12-13H2,1-2H3. The maximum Gasteiger partial charge on any atom is 0.118 e. The summed E-state index contributed by atoms with van der Waals surface area (Å²) in [4.78, 5) is 0. The van der Waals surface area contributed by atoms with Crippen molar-refractivity contribution in [1.29, 1.82) is 0 Å². The third-order valence-electron chi connectivity index (χ3n) is 4.07. The van der Waals surface area contributed by atoms with Gasteiger partial charge in [-0.1, -0.05) is 38.3 Å². The predicted octanol–water partition coefficient (Wildman–Crippen LogP) is 4.74. The maximum absolute atomic E-state index is 6.04. The summed E-state index contributed by atoms with van der Waals surface area (Å²) in [5, 5.41) is 0. The Labute approximate surface area is 117 Å². The molecule has 0 spiro atoms. The van der Waals surface area contributed by atoms with Gasteiger partial charge in [0.05, 0.1) is 19.8 Å². The van der Waals surface area contributed by atoms with E-state index < -0.39 is 0 Å². The predicted molar refractivity (Wildman–Crippen MR) is 78.6 cm³/mol. The molecule has 106 valence electrons. The SMILES string of the molecule is CCCCCC1CCC(c2ccc(OC)cc2)OC1. The molecule has 0 bridgehead atoms. The lowest BCUT2D eigenvalue weighted by Gasteiger charge is -2.29. The normalized spacial score (nSPS) is 23.3. The van der Waals surface area contributed by atoms with Crippen LogP contribution in [0.15, 0.2) is 24.3 Å². The van der Waals surface area contributed by atoms with Crippen LogP contribution in [-0.4, -0.2) is 13.7 Å². The molecule has 2 atom stereocenters. The summed E-state index contributed by atoms with van der Waals surface area (Å²) in [5.74, 6) is 1.69. The van der Waals surface area contributed by atoms with E-state index in [-0.39, 0.29) is 6.10 Å². The first-order valence-electron chi connectivity index (χ1n) is 7.59. The minimum atomic E-state index is 0.285. The first-order valence-corrected chi connectivity index (χ1v) is 7.59. The zero-order valence-electron chi connectivity index (χ0n) is 12.2. The molecule has 1 aromatic carbocycles. The third-order valence-corrected chi connectivity index (χ3v) is 4.07. The number of hydrogen-bond acceptors (Lipinski definition) is 2. The summed E-state index contributed by atoms with van der Waals surface area (Å²) in [6.07, 6.45) is 8.11. The van der Waals surface area contributed by atoms with Gasteiger partial charge in [-0.25, -0.2) is 0 Å². The Morgan fingerprint density at radius 1 is 1.16 bits per heavy atom. The molecule has 2 unspecified atom stereocenters. The van der Waals surface area contributed by atoms with Crippen molar-refractivity contribution in [1.82, 2.24) is 0 Å². The quantitative estimate of drug-likeness (QED) is 0.689. The molecule has 0 N–H and O–H groups in total. The van der Waals surface area contributed by atoms with E-state index in [1.807, 2.05) is 12.1 Å². The smallest absolute Gasteiger partial charge is 0.118 e. The summed E-state index contributed by atoms with van der Waals surface area (Å²) >= 11 is 0. The Morgan fingerprint density at radius 2 is 1.95 bits per heavy atom. The Hall–Kier alpha value is -1.02. The van der Waals surface area contributed by atoms with Gasteiger partial charge in [-0.05, 0) is 42.9 Å². The van der Waals surface area contributed by atoms with Crippen molar-refractivity contribution in [2.45, 2.75) is 51.6 Å². The summed E-state index contributed by atoms with van der Waals surface area (Å²) in [6.45, 7) is 3.19. The van der Waals surface area contributed by atoms with Crippen LogP contribution in [0, 0.1) is 5.92 Å². The molecular weight excluding hydrogens is 236 g/mol. The first-order chi connectivity index (χ1) is 9.33. The monoisotopic (exact) mass is 262 g/mol. The van der Waals surface area contributed by atoms with Crippen LogP contribution in [0.1, 0.15) is 57.1 Å². The van der Waals surface area contributed by atoms with E-state index in [2.05, 4.69) is 19.1 Å². The molecule has 0 amide bonds. The molecule has 2 nitrogen and oxygen atoms in total. The molecule has 1 saturated heterocycles. The Kier molecular flexibility index (Phi) is 5.71. The molecule has 1 aliphatic rings. The van der Waals surface area contributed by atoms with Crippen LogP contribution in [0.3, 0.4) is 0 Å². The molecule has 0 saturated carbocycles. The Bertz CT molecular complexity index is 350. The van der Waals surface area contributed by atoms with Gasteiger partial charge in [0.25, 0.3) is 0 Å². The van der Waals surface area contributed by atoms with E-state index in [0.717, 1.165) is 24.7 Å². The van der Waals surface area contributed by atoms with Gasteiger partial charge in [-0.3, -0.25) is 0 Å². The molecule has 2 rings (SSSR count). The van der Waals surface area contributed by atoms with Crippen LogP contribution in [-0.2, 0) is 4.74 Å². The zero-order valence-corrected chi connectivity index (χ0v) is 12.2. The molecule has 0 radical (unpaired) electrons. The van der Waals surface area contributed by atoms with E-state index >= 15 is 0 Å². The molecular formula is C17H26O2. The van der Waals surface area contributed by atoms with Gasteiger partial charge in [0.15, 0.2) is 0 Å². The maximum atomic E-state index is 6.04. The van der Waals surface area contributed by atoms with Crippen LogP contribution in [0.4, 0.5) is 0 Å². The highest BCUT2D eigenvalue weighted by atomic mass is 16.5. The fraction of sp³-hybridized carbons (Fsp3) is 0.647. The Balaban J connectivity index is 1.78. The van der Waals surface area contributed by atoms with Crippen LogP contribution < -0.4 is 4.74 Å². The van der Waals surface area contributed by atoms with Gasteiger partial charge in [0.2, 0.25) is 0 Å². The van der Waals surface area contributed by atoms with E-state index in [0.29, 0.717) is 0 Å². The fourth-order valence-corrected chi connectivity index (χ4v) is 2.80. The van der Waals surface area contributed by atoms with Crippen molar-refractivity contribution in [2.24, 2.45) is 5.92 Å². The number of benzene rings is 1. The van der Waals surface area contributed by atoms with Gasteiger partial charge in [-0.15, -0.1) is 0 Å². The Morgan fingerprint density at radius 3 is 2.53 bits per heavy atom. The number of rotatable bonds is 6. The lowest BCUT2D eigenvalue weighted by molar-refractivity contribution is -0.0198. The molecule has 19 heavy (non-hydrogen) atoms. The van der Waals surface area contributed by atoms with Gasteiger partial charge < -0.3 is 9.47 Å². The first kappa shape index (κ1) is 14.4. The molecule has 0 aliphatic carbocycles. The van der Waals surface area contributed by atoms with Crippen molar-refractivity contribution in [3.63, 3.8) is 0 Å². The van der Waals surface area contributed by atoms with Crippen LogP contribution in [0.2, 0.25) is 0 Å². The van der Waals surface area contributed by atoms with Gasteiger partial charge in [0.1, 0.15) is 5.75 Å². The van der Waals surface area contributed by atoms with Crippen molar-refractivity contribution in [3.05, 3.63) is 29.8 Å². The number of methoxy groups -OCH3 is 1. The van der Waals surface area contributed by atoms with E-state index in [1.54, 1.807) is 7.11 Å². The highest BCUT2D eigenvalue weighted by molar-refractivity contribution is 5.28. The van der Waals surface area contributed by atoms with Crippen LogP contribution in [0.5, 0.6) is 5.75 Å². The summed E-state index contributed by atoms with van der Waals surface area (Å²) in [5.41, 5.74) is 1.29. The van der Waals surface area contributed by atoms with Gasteiger partial charge >= 0.3 is 0 Å². The highest BCUT2D eigenvalue weighted by Gasteiger charge is 2.22. The molecule has 1 heterocycles.